The summed E-state index contributed by atoms with van der Waals surface area (Å²) < 4.78 is 6.94. The maximum atomic E-state index is 12.3. The van der Waals surface area contributed by atoms with Crippen LogP contribution >= 0.6 is 0 Å². The van der Waals surface area contributed by atoms with Crippen molar-refractivity contribution in [2.75, 3.05) is 6.61 Å². The van der Waals surface area contributed by atoms with E-state index in [0.717, 1.165) is 30.0 Å². The van der Waals surface area contributed by atoms with Gasteiger partial charge in [-0.1, -0.05) is 18.2 Å². The molecule has 18 heavy (non-hydrogen) atoms. The predicted octanol–water partition coefficient (Wildman–Crippen LogP) is 2.27. The number of hydrogen-bond acceptors (Lipinski definition) is 3. The summed E-state index contributed by atoms with van der Waals surface area (Å²) in [7, 11) is 0. The Balaban J connectivity index is 2.11. The number of nitrogens with zero attached hydrogens (tertiary/aromatic N) is 1. The fourth-order valence-electron chi connectivity index (χ4n) is 2.41. The van der Waals surface area contributed by atoms with Crippen molar-refractivity contribution in [2.24, 2.45) is 0 Å². The molecule has 4 heteroatoms. The van der Waals surface area contributed by atoms with E-state index in [4.69, 9.17) is 4.74 Å². The Morgan fingerprint density at radius 3 is 2.94 bits per heavy atom. The molecule has 1 unspecified atom stereocenters. The van der Waals surface area contributed by atoms with Crippen LogP contribution in [0.1, 0.15) is 28.0 Å². The van der Waals surface area contributed by atoms with E-state index in [9.17, 15) is 9.59 Å². The Labute approximate surface area is 104 Å². The zero-order chi connectivity index (χ0) is 12.5. The van der Waals surface area contributed by atoms with E-state index in [-0.39, 0.29) is 12.0 Å². The zero-order valence-corrected chi connectivity index (χ0v) is 9.83. The van der Waals surface area contributed by atoms with Gasteiger partial charge in [0.2, 0.25) is 0 Å². The highest BCUT2D eigenvalue weighted by Crippen LogP contribution is 2.22. The fourth-order valence-corrected chi connectivity index (χ4v) is 2.41. The largest absolute Gasteiger partial charge is 0.368 e. The molecule has 92 valence electrons. The molecule has 4 nitrogen and oxygen atoms in total. The van der Waals surface area contributed by atoms with Crippen LogP contribution in [0.15, 0.2) is 30.5 Å². The summed E-state index contributed by atoms with van der Waals surface area (Å²) >= 11 is 0. The first-order valence-corrected chi connectivity index (χ1v) is 6.02. The molecular formula is C14H13NO3. The van der Waals surface area contributed by atoms with Crippen LogP contribution in [0.5, 0.6) is 0 Å². The van der Waals surface area contributed by atoms with E-state index in [2.05, 4.69) is 0 Å². The van der Waals surface area contributed by atoms with Gasteiger partial charge in [0, 0.05) is 23.8 Å². The topological polar surface area (TPSA) is 48.3 Å². The van der Waals surface area contributed by atoms with Crippen LogP contribution in [0.25, 0.3) is 10.9 Å². The predicted molar refractivity (Wildman–Crippen MR) is 66.9 cm³/mol. The zero-order valence-electron chi connectivity index (χ0n) is 9.83. The van der Waals surface area contributed by atoms with Crippen molar-refractivity contribution in [1.29, 1.82) is 0 Å². The first-order valence-electron chi connectivity index (χ1n) is 6.02. The lowest BCUT2D eigenvalue weighted by atomic mass is 10.2. The van der Waals surface area contributed by atoms with Gasteiger partial charge in [-0.15, -0.1) is 0 Å². The summed E-state index contributed by atoms with van der Waals surface area (Å²) in [5.74, 6) is -0.0863. The van der Waals surface area contributed by atoms with Crippen molar-refractivity contribution in [2.45, 2.75) is 18.9 Å². The van der Waals surface area contributed by atoms with Crippen LogP contribution in [0.3, 0.4) is 0 Å². The van der Waals surface area contributed by atoms with Gasteiger partial charge in [-0.2, -0.15) is 0 Å². The molecule has 0 radical (unpaired) electrons. The minimum absolute atomic E-state index is 0.0863. The molecule has 1 atom stereocenters. The summed E-state index contributed by atoms with van der Waals surface area (Å²) in [6.45, 7) is 0.635. The first kappa shape index (κ1) is 11.2. The highest BCUT2D eigenvalue weighted by atomic mass is 16.5. The molecule has 0 spiro atoms. The van der Waals surface area contributed by atoms with Gasteiger partial charge in [0.25, 0.3) is 5.91 Å². The summed E-state index contributed by atoms with van der Waals surface area (Å²) in [6, 6.07) is 7.40. The van der Waals surface area contributed by atoms with Gasteiger partial charge in [-0.05, 0) is 18.9 Å². The monoisotopic (exact) mass is 243 g/mol. The molecule has 1 fully saturated rings. The molecule has 3 rings (SSSR count). The lowest BCUT2D eigenvalue weighted by Gasteiger charge is -2.09. The number of carbonyl (C=O) groups is 2. The number of carbonyl (C=O) groups excluding carboxylic acids is 2. The average molecular weight is 243 g/mol. The molecule has 2 heterocycles. The number of aldehydes is 1. The third-order valence-electron chi connectivity index (χ3n) is 3.31. The molecule has 1 aliphatic heterocycles. The lowest BCUT2D eigenvalue weighted by molar-refractivity contribution is 0.0560. The van der Waals surface area contributed by atoms with Gasteiger partial charge in [0.15, 0.2) is 6.29 Å². The molecule has 1 aliphatic rings. The van der Waals surface area contributed by atoms with Crippen molar-refractivity contribution in [3.8, 4) is 0 Å². The van der Waals surface area contributed by atoms with E-state index < -0.39 is 0 Å². The van der Waals surface area contributed by atoms with Crippen molar-refractivity contribution >= 4 is 23.1 Å². The normalized spacial score (nSPS) is 19.2. The van der Waals surface area contributed by atoms with Crippen molar-refractivity contribution in [3.05, 3.63) is 36.0 Å². The summed E-state index contributed by atoms with van der Waals surface area (Å²) in [6.07, 6.45) is 3.67. The lowest BCUT2D eigenvalue weighted by Crippen LogP contribution is -2.25. The first-order chi connectivity index (χ1) is 8.81. The van der Waals surface area contributed by atoms with Crippen molar-refractivity contribution in [1.82, 2.24) is 4.57 Å². The van der Waals surface area contributed by atoms with Crippen LogP contribution in [-0.2, 0) is 4.74 Å². The smallest absolute Gasteiger partial charge is 0.260 e. The van der Waals surface area contributed by atoms with Gasteiger partial charge in [0.1, 0.15) is 6.10 Å². The second kappa shape index (κ2) is 4.38. The maximum Gasteiger partial charge on any atom is 0.260 e. The number of rotatable bonds is 2. The minimum Gasteiger partial charge on any atom is -0.368 e. The maximum absolute atomic E-state index is 12.3. The molecule has 0 aliphatic carbocycles. The second-order valence-corrected chi connectivity index (χ2v) is 4.43. The quantitative estimate of drug-likeness (QED) is 0.760. The summed E-state index contributed by atoms with van der Waals surface area (Å²) in [5.41, 5.74) is 1.30. The third kappa shape index (κ3) is 1.66. The number of benzene rings is 1. The molecule has 0 N–H and O–H groups in total. The highest BCUT2D eigenvalue weighted by Gasteiger charge is 2.26. The van der Waals surface area contributed by atoms with E-state index >= 15 is 0 Å². The molecule has 1 saturated heterocycles. The molecule has 0 amide bonds. The Morgan fingerprint density at radius 1 is 1.39 bits per heavy atom. The summed E-state index contributed by atoms with van der Waals surface area (Å²) in [5, 5.41) is 0.804. The van der Waals surface area contributed by atoms with Gasteiger partial charge in [0.05, 0.1) is 5.52 Å². The molecule has 1 aromatic carbocycles. The van der Waals surface area contributed by atoms with Gasteiger partial charge < -0.3 is 4.74 Å². The van der Waals surface area contributed by atoms with Crippen LogP contribution in [0.2, 0.25) is 0 Å². The number of aromatic nitrogens is 1. The Bertz CT molecular complexity index is 609. The van der Waals surface area contributed by atoms with E-state index in [1.165, 1.54) is 4.57 Å². The highest BCUT2D eigenvalue weighted by molar-refractivity contribution is 6.03. The van der Waals surface area contributed by atoms with Crippen LogP contribution in [0.4, 0.5) is 0 Å². The van der Waals surface area contributed by atoms with Crippen molar-refractivity contribution in [3.63, 3.8) is 0 Å². The molecule has 0 bridgehead atoms. The number of para-hydroxylation sites is 1. The minimum atomic E-state index is -0.375. The molecule has 0 saturated carbocycles. The SMILES string of the molecule is O=Cc1cn(C(=O)C2CCCO2)c2ccccc12. The number of ether oxygens (including phenoxy) is 1. The standard InChI is InChI=1S/C14H13NO3/c16-9-10-8-15(12-5-2-1-4-11(10)12)14(17)13-6-3-7-18-13/h1-2,4-5,8-9,13H,3,6-7H2. The molecular weight excluding hydrogens is 230 g/mol. The van der Waals surface area contributed by atoms with Crippen LogP contribution < -0.4 is 0 Å². The Morgan fingerprint density at radius 2 is 2.22 bits per heavy atom. The van der Waals surface area contributed by atoms with E-state index in [1.807, 2.05) is 24.3 Å². The number of fused-ring (bicyclic) bond motifs is 1. The molecule has 2 aromatic rings. The average Bonchev–Trinajstić information content (AvgIpc) is 3.05. The number of hydrogen-bond donors (Lipinski definition) is 0. The van der Waals surface area contributed by atoms with Gasteiger partial charge >= 0.3 is 0 Å². The van der Waals surface area contributed by atoms with Crippen LogP contribution in [-0.4, -0.2) is 29.5 Å². The molecule has 1 aromatic heterocycles. The second-order valence-electron chi connectivity index (χ2n) is 4.43. The third-order valence-corrected chi connectivity index (χ3v) is 3.31. The van der Waals surface area contributed by atoms with Crippen LogP contribution in [0, 0.1) is 0 Å². The summed E-state index contributed by atoms with van der Waals surface area (Å²) in [4.78, 5) is 23.3. The van der Waals surface area contributed by atoms with Gasteiger partial charge in [-0.25, -0.2) is 0 Å². The fraction of sp³-hybridized carbons (Fsp3) is 0.286. The van der Waals surface area contributed by atoms with Gasteiger partial charge in [-0.3, -0.25) is 14.2 Å². The Kier molecular flexibility index (Phi) is 2.72. The Hall–Kier alpha value is -1.94. The van der Waals surface area contributed by atoms with E-state index in [1.54, 1.807) is 6.20 Å². The van der Waals surface area contributed by atoms with Crippen molar-refractivity contribution < 1.29 is 14.3 Å². The van der Waals surface area contributed by atoms with E-state index in [0.29, 0.717) is 12.2 Å².